The first-order valence-electron chi connectivity index (χ1n) is 2.69. The SMILES string of the molecule is C/N=C(\C=N)C(C)C. The summed E-state index contributed by atoms with van der Waals surface area (Å²) in [5.41, 5.74) is 0.852. The van der Waals surface area contributed by atoms with Gasteiger partial charge in [0.1, 0.15) is 0 Å². The molecule has 0 aliphatic heterocycles. The molecule has 2 nitrogen and oxygen atoms in total. The van der Waals surface area contributed by atoms with Crippen LogP contribution in [0.1, 0.15) is 13.8 Å². The van der Waals surface area contributed by atoms with Crippen LogP contribution >= 0.6 is 0 Å². The first-order chi connectivity index (χ1) is 3.72. The normalized spacial score (nSPS) is 12.2. The van der Waals surface area contributed by atoms with Gasteiger partial charge < -0.3 is 5.41 Å². The Kier molecular flexibility index (Phi) is 3.08. The van der Waals surface area contributed by atoms with Crippen LogP contribution < -0.4 is 0 Å². The van der Waals surface area contributed by atoms with E-state index in [9.17, 15) is 0 Å². The van der Waals surface area contributed by atoms with E-state index in [1.54, 1.807) is 7.05 Å². The van der Waals surface area contributed by atoms with E-state index in [1.807, 2.05) is 13.8 Å². The second kappa shape index (κ2) is 3.36. The standard InChI is InChI=1S/C6H12N2/c1-5(2)6(4-7)8-3/h4-5,7H,1-3H3/b7-4?,8-6+. The van der Waals surface area contributed by atoms with E-state index in [4.69, 9.17) is 5.41 Å². The summed E-state index contributed by atoms with van der Waals surface area (Å²) in [6.45, 7) is 4.04. The van der Waals surface area contributed by atoms with Crippen molar-refractivity contribution in [2.45, 2.75) is 13.8 Å². The van der Waals surface area contributed by atoms with Crippen molar-refractivity contribution in [1.29, 1.82) is 5.41 Å². The molecule has 0 radical (unpaired) electrons. The maximum Gasteiger partial charge on any atom is 0.0545 e. The Morgan fingerprint density at radius 1 is 1.62 bits per heavy atom. The number of nitrogens with zero attached hydrogens (tertiary/aromatic N) is 1. The highest BCUT2D eigenvalue weighted by atomic mass is 14.7. The second-order valence-corrected chi connectivity index (χ2v) is 1.95. The van der Waals surface area contributed by atoms with E-state index in [2.05, 4.69) is 4.99 Å². The summed E-state index contributed by atoms with van der Waals surface area (Å²) in [4.78, 5) is 3.88. The summed E-state index contributed by atoms with van der Waals surface area (Å²) in [6.07, 6.45) is 1.30. The maximum absolute atomic E-state index is 6.83. The molecule has 0 saturated heterocycles. The van der Waals surface area contributed by atoms with E-state index in [1.165, 1.54) is 6.21 Å². The van der Waals surface area contributed by atoms with Gasteiger partial charge in [-0.05, 0) is 5.92 Å². The minimum Gasteiger partial charge on any atom is -0.307 e. The minimum absolute atomic E-state index is 0.387. The Hall–Kier alpha value is -0.660. The zero-order chi connectivity index (χ0) is 6.57. The third-order valence-corrected chi connectivity index (χ3v) is 0.998. The topological polar surface area (TPSA) is 36.2 Å². The minimum atomic E-state index is 0.387. The van der Waals surface area contributed by atoms with Gasteiger partial charge in [0.15, 0.2) is 0 Å². The molecule has 0 aliphatic carbocycles. The number of rotatable bonds is 2. The highest BCUT2D eigenvalue weighted by Crippen LogP contribution is 1.92. The molecular weight excluding hydrogens is 100 g/mol. The third kappa shape index (κ3) is 1.87. The van der Waals surface area contributed by atoms with Gasteiger partial charge in [0, 0.05) is 13.3 Å². The predicted molar refractivity (Wildman–Crippen MR) is 37.0 cm³/mol. The highest BCUT2D eigenvalue weighted by Gasteiger charge is 1.96. The van der Waals surface area contributed by atoms with Crippen molar-refractivity contribution in [3.8, 4) is 0 Å². The van der Waals surface area contributed by atoms with E-state index in [-0.39, 0.29) is 0 Å². The molecule has 0 aromatic carbocycles. The van der Waals surface area contributed by atoms with Gasteiger partial charge in [-0.1, -0.05) is 13.8 Å². The second-order valence-electron chi connectivity index (χ2n) is 1.95. The van der Waals surface area contributed by atoms with Crippen LogP contribution in [0.3, 0.4) is 0 Å². The molecule has 0 atom stereocenters. The Morgan fingerprint density at radius 2 is 2.12 bits per heavy atom. The van der Waals surface area contributed by atoms with Gasteiger partial charge in [-0.15, -0.1) is 0 Å². The van der Waals surface area contributed by atoms with Crippen molar-refractivity contribution in [1.82, 2.24) is 0 Å². The van der Waals surface area contributed by atoms with Gasteiger partial charge in [0.2, 0.25) is 0 Å². The Bertz CT molecular complexity index is 103. The quantitative estimate of drug-likeness (QED) is 0.524. The zero-order valence-corrected chi connectivity index (χ0v) is 5.60. The van der Waals surface area contributed by atoms with Crippen molar-refractivity contribution in [3.63, 3.8) is 0 Å². The molecular formula is C6H12N2. The van der Waals surface area contributed by atoms with Gasteiger partial charge in [0.05, 0.1) is 5.71 Å². The van der Waals surface area contributed by atoms with Crippen molar-refractivity contribution in [2.24, 2.45) is 10.9 Å². The summed E-state index contributed by atoms with van der Waals surface area (Å²) in [7, 11) is 1.71. The molecule has 0 fully saturated rings. The predicted octanol–water partition coefficient (Wildman–Crippen LogP) is 1.36. The first kappa shape index (κ1) is 7.34. The number of hydrogen-bond donors (Lipinski definition) is 1. The van der Waals surface area contributed by atoms with Crippen LogP contribution in [0.25, 0.3) is 0 Å². The average Bonchev–Trinajstić information content (AvgIpc) is 1.69. The molecule has 0 aromatic rings. The maximum atomic E-state index is 6.83. The van der Waals surface area contributed by atoms with Crippen molar-refractivity contribution >= 4 is 11.9 Å². The van der Waals surface area contributed by atoms with Gasteiger partial charge in [-0.3, -0.25) is 4.99 Å². The molecule has 0 aromatic heterocycles. The van der Waals surface area contributed by atoms with Gasteiger partial charge in [0.25, 0.3) is 0 Å². The lowest BCUT2D eigenvalue weighted by atomic mass is 10.1. The number of nitrogens with one attached hydrogen (secondary N) is 1. The highest BCUT2D eigenvalue weighted by molar-refractivity contribution is 6.30. The van der Waals surface area contributed by atoms with E-state index in [0.717, 1.165) is 5.71 Å². The summed E-state index contributed by atoms with van der Waals surface area (Å²) in [5.74, 6) is 0.387. The Balaban J connectivity index is 3.91. The van der Waals surface area contributed by atoms with Gasteiger partial charge in [-0.25, -0.2) is 0 Å². The lowest BCUT2D eigenvalue weighted by molar-refractivity contribution is 0.892. The molecule has 0 rings (SSSR count). The Morgan fingerprint density at radius 3 is 2.12 bits per heavy atom. The van der Waals surface area contributed by atoms with Crippen LogP contribution in [0.2, 0.25) is 0 Å². The number of hydrogen-bond acceptors (Lipinski definition) is 2. The first-order valence-corrected chi connectivity index (χ1v) is 2.69. The molecule has 46 valence electrons. The molecule has 2 heteroatoms. The molecule has 1 N–H and O–H groups in total. The lowest BCUT2D eigenvalue weighted by Crippen LogP contribution is -2.07. The van der Waals surface area contributed by atoms with Gasteiger partial charge in [-0.2, -0.15) is 0 Å². The fraction of sp³-hybridized carbons (Fsp3) is 0.667. The van der Waals surface area contributed by atoms with E-state index in [0.29, 0.717) is 5.92 Å². The number of aliphatic imine (C=N–C) groups is 1. The summed E-state index contributed by atoms with van der Waals surface area (Å²) >= 11 is 0. The monoisotopic (exact) mass is 112 g/mol. The molecule has 0 unspecified atom stereocenters. The van der Waals surface area contributed by atoms with Crippen LogP contribution in [0, 0.1) is 11.3 Å². The largest absolute Gasteiger partial charge is 0.307 e. The van der Waals surface area contributed by atoms with Crippen LogP contribution in [0.5, 0.6) is 0 Å². The van der Waals surface area contributed by atoms with Crippen molar-refractivity contribution in [3.05, 3.63) is 0 Å². The van der Waals surface area contributed by atoms with Crippen molar-refractivity contribution in [2.75, 3.05) is 7.05 Å². The summed E-state index contributed by atoms with van der Waals surface area (Å²) in [5, 5.41) is 6.83. The molecule has 0 amide bonds. The summed E-state index contributed by atoms with van der Waals surface area (Å²) < 4.78 is 0. The molecule has 0 heterocycles. The van der Waals surface area contributed by atoms with Crippen LogP contribution in [-0.4, -0.2) is 19.0 Å². The fourth-order valence-corrected chi connectivity index (χ4v) is 0.489. The summed E-state index contributed by atoms with van der Waals surface area (Å²) in [6, 6.07) is 0. The fourth-order valence-electron chi connectivity index (χ4n) is 0.489. The smallest absolute Gasteiger partial charge is 0.0545 e. The molecule has 0 saturated carbocycles. The average molecular weight is 112 g/mol. The van der Waals surface area contributed by atoms with Gasteiger partial charge >= 0.3 is 0 Å². The molecule has 0 bridgehead atoms. The molecule has 0 aliphatic rings. The van der Waals surface area contributed by atoms with E-state index < -0.39 is 0 Å². The lowest BCUT2D eigenvalue weighted by Gasteiger charge is -1.99. The zero-order valence-electron chi connectivity index (χ0n) is 5.60. The van der Waals surface area contributed by atoms with Crippen LogP contribution in [0.4, 0.5) is 0 Å². The van der Waals surface area contributed by atoms with Crippen LogP contribution in [-0.2, 0) is 0 Å². The molecule has 0 spiro atoms. The van der Waals surface area contributed by atoms with Crippen molar-refractivity contribution < 1.29 is 0 Å². The van der Waals surface area contributed by atoms with E-state index >= 15 is 0 Å². The van der Waals surface area contributed by atoms with Crippen LogP contribution in [0.15, 0.2) is 4.99 Å². The molecule has 8 heavy (non-hydrogen) atoms. The Labute approximate surface area is 50.1 Å². The third-order valence-electron chi connectivity index (χ3n) is 0.998.